The molecule has 0 aromatic heterocycles. The van der Waals surface area contributed by atoms with E-state index >= 15 is 0 Å². The Kier molecular flexibility index (Phi) is 3.89. The summed E-state index contributed by atoms with van der Waals surface area (Å²) in [5.74, 6) is -0.856. The van der Waals surface area contributed by atoms with E-state index in [1.54, 1.807) is 18.2 Å². The Morgan fingerprint density at radius 2 is 1.74 bits per heavy atom. The zero-order valence-electron chi connectivity index (χ0n) is 13.2. The van der Waals surface area contributed by atoms with E-state index in [9.17, 15) is 14.0 Å². The number of hydrogen-bond donors (Lipinski definition) is 1. The average Bonchev–Trinajstić information content (AvgIpc) is 2.74. The molecule has 0 spiro atoms. The van der Waals surface area contributed by atoms with E-state index in [2.05, 4.69) is 18.4 Å². The summed E-state index contributed by atoms with van der Waals surface area (Å²) in [5.41, 5.74) is 2.87. The third kappa shape index (κ3) is 3.24. The van der Waals surface area contributed by atoms with Crippen molar-refractivity contribution in [2.75, 3.05) is 0 Å². The molecule has 0 fully saturated rings. The predicted octanol–water partition coefficient (Wildman–Crippen LogP) is 3.28. The number of rotatable bonds is 4. The van der Waals surface area contributed by atoms with Crippen LogP contribution in [0.2, 0.25) is 13.1 Å². The lowest BCUT2D eigenvalue weighted by molar-refractivity contribution is 0.0879. The lowest BCUT2D eigenvalue weighted by Gasteiger charge is -2.23. The monoisotopic (exact) mass is 327 g/mol. The highest BCUT2D eigenvalue weighted by molar-refractivity contribution is 6.76. The maximum absolute atomic E-state index is 13.4. The zero-order valence-corrected chi connectivity index (χ0v) is 14.2. The van der Waals surface area contributed by atoms with Crippen LogP contribution in [0.5, 0.6) is 0 Å². The second-order valence-corrected chi connectivity index (χ2v) is 11.8. The van der Waals surface area contributed by atoms with Crippen molar-refractivity contribution < 1.29 is 14.0 Å². The van der Waals surface area contributed by atoms with Crippen molar-refractivity contribution in [2.45, 2.75) is 25.2 Å². The molecule has 0 radical (unpaired) electrons. The van der Waals surface area contributed by atoms with Crippen LogP contribution >= 0.6 is 0 Å². The highest BCUT2D eigenvalue weighted by Crippen LogP contribution is 2.25. The van der Waals surface area contributed by atoms with Crippen LogP contribution in [0.15, 0.2) is 42.5 Å². The molecule has 0 bridgehead atoms. The molecule has 2 aromatic rings. The molecule has 0 saturated heterocycles. The molecule has 23 heavy (non-hydrogen) atoms. The molecule has 0 saturated carbocycles. The minimum atomic E-state index is -1.76. The predicted molar refractivity (Wildman–Crippen MR) is 89.5 cm³/mol. The van der Waals surface area contributed by atoms with E-state index in [4.69, 9.17) is 0 Å². The number of nitrogens with one attached hydrogen (secondary N) is 1. The molecule has 3 nitrogen and oxygen atoms in total. The van der Waals surface area contributed by atoms with Crippen molar-refractivity contribution >= 4 is 19.9 Å². The largest absolute Gasteiger partial charge is 0.288 e. The van der Waals surface area contributed by atoms with Gasteiger partial charge in [-0.3, -0.25) is 14.9 Å². The lowest BCUT2D eigenvalue weighted by Crippen LogP contribution is -2.33. The number of benzene rings is 2. The molecular formula is C18H18FNO2Si. The maximum atomic E-state index is 13.4. The lowest BCUT2D eigenvalue weighted by atomic mass is 10.0. The molecule has 0 unspecified atom stereocenters. The fourth-order valence-electron chi connectivity index (χ4n) is 3.22. The van der Waals surface area contributed by atoms with E-state index in [1.165, 1.54) is 6.07 Å². The fraction of sp³-hybridized carbons (Fsp3) is 0.222. The standard InChI is InChI=1S/C18H18FNO2Si/c1-23(2,10-12-5-3-7-14(19)9-12)11-13-6-4-8-15-16(13)18(22)20-17(15)21/h3-9H,10-11H2,1-2H3,(H,20,21,22). The number of carbonyl (C=O) groups excluding carboxylic acids is 2. The van der Waals surface area contributed by atoms with Gasteiger partial charge in [-0.05, 0) is 41.4 Å². The van der Waals surface area contributed by atoms with Gasteiger partial charge in [0.15, 0.2) is 0 Å². The number of halogens is 1. The van der Waals surface area contributed by atoms with Gasteiger partial charge >= 0.3 is 0 Å². The van der Waals surface area contributed by atoms with Gasteiger partial charge in [-0.2, -0.15) is 0 Å². The van der Waals surface area contributed by atoms with Crippen LogP contribution in [-0.4, -0.2) is 19.9 Å². The molecule has 3 rings (SSSR count). The second-order valence-electron chi connectivity index (χ2n) is 6.77. The van der Waals surface area contributed by atoms with Crippen molar-refractivity contribution in [3.63, 3.8) is 0 Å². The van der Waals surface area contributed by atoms with E-state index < -0.39 is 8.07 Å². The topological polar surface area (TPSA) is 46.2 Å². The third-order valence-electron chi connectivity index (χ3n) is 4.09. The molecule has 1 aliphatic heterocycles. The van der Waals surface area contributed by atoms with Crippen molar-refractivity contribution in [3.05, 3.63) is 70.5 Å². The SMILES string of the molecule is C[Si](C)(Cc1cccc(F)c1)Cc1cccc2c1C(=O)NC2=O. The Morgan fingerprint density at radius 1 is 1.00 bits per heavy atom. The average molecular weight is 327 g/mol. The van der Waals surface area contributed by atoms with Gasteiger partial charge in [0.2, 0.25) is 0 Å². The van der Waals surface area contributed by atoms with E-state index in [1.807, 2.05) is 18.2 Å². The molecule has 0 atom stereocenters. The van der Waals surface area contributed by atoms with Crippen molar-refractivity contribution in [1.82, 2.24) is 5.32 Å². The molecular weight excluding hydrogens is 309 g/mol. The van der Waals surface area contributed by atoms with Gasteiger partial charge in [0.05, 0.1) is 19.2 Å². The van der Waals surface area contributed by atoms with Crippen molar-refractivity contribution in [1.29, 1.82) is 0 Å². The van der Waals surface area contributed by atoms with Gasteiger partial charge in [-0.15, -0.1) is 0 Å². The van der Waals surface area contributed by atoms with Crippen LogP contribution in [0.4, 0.5) is 4.39 Å². The Bertz CT molecular complexity index is 801. The highest BCUT2D eigenvalue weighted by Gasteiger charge is 2.31. The van der Waals surface area contributed by atoms with Crippen LogP contribution in [0.3, 0.4) is 0 Å². The summed E-state index contributed by atoms with van der Waals surface area (Å²) in [6.07, 6.45) is 0. The summed E-state index contributed by atoms with van der Waals surface area (Å²) in [5, 5.41) is 2.35. The van der Waals surface area contributed by atoms with Crippen molar-refractivity contribution in [2.24, 2.45) is 0 Å². The number of imide groups is 1. The maximum Gasteiger partial charge on any atom is 0.259 e. The minimum Gasteiger partial charge on any atom is -0.288 e. The van der Waals surface area contributed by atoms with Crippen LogP contribution in [-0.2, 0) is 12.1 Å². The first kappa shape index (κ1) is 15.6. The van der Waals surface area contributed by atoms with Crippen LogP contribution in [0, 0.1) is 5.82 Å². The highest BCUT2D eigenvalue weighted by atomic mass is 28.3. The summed E-state index contributed by atoms with van der Waals surface area (Å²) < 4.78 is 13.4. The summed E-state index contributed by atoms with van der Waals surface area (Å²) in [6.45, 7) is 4.43. The Hall–Kier alpha value is -2.27. The van der Waals surface area contributed by atoms with Gasteiger partial charge in [-0.1, -0.05) is 37.4 Å². The fourth-order valence-corrected chi connectivity index (χ4v) is 5.99. The first-order chi connectivity index (χ1) is 10.9. The Morgan fingerprint density at radius 3 is 2.48 bits per heavy atom. The van der Waals surface area contributed by atoms with E-state index in [-0.39, 0.29) is 17.6 Å². The smallest absolute Gasteiger partial charge is 0.259 e. The third-order valence-corrected chi connectivity index (χ3v) is 6.79. The van der Waals surface area contributed by atoms with Crippen LogP contribution < -0.4 is 5.32 Å². The number of fused-ring (bicyclic) bond motifs is 1. The van der Waals surface area contributed by atoms with Gasteiger partial charge in [0.25, 0.3) is 11.8 Å². The molecule has 0 aliphatic carbocycles. The summed E-state index contributed by atoms with van der Waals surface area (Å²) in [6, 6.07) is 13.7. The molecule has 1 N–H and O–H groups in total. The normalized spacial score (nSPS) is 13.9. The van der Waals surface area contributed by atoms with Crippen molar-refractivity contribution in [3.8, 4) is 0 Å². The van der Waals surface area contributed by atoms with Gasteiger partial charge < -0.3 is 0 Å². The molecule has 2 amide bonds. The summed E-state index contributed by atoms with van der Waals surface area (Å²) in [4.78, 5) is 23.8. The van der Waals surface area contributed by atoms with Gasteiger partial charge in [0.1, 0.15) is 5.82 Å². The van der Waals surface area contributed by atoms with Crippen LogP contribution in [0.25, 0.3) is 0 Å². The Labute approximate surface area is 135 Å². The van der Waals surface area contributed by atoms with Gasteiger partial charge in [-0.25, -0.2) is 4.39 Å². The first-order valence-electron chi connectivity index (χ1n) is 7.58. The minimum absolute atomic E-state index is 0.224. The summed E-state index contributed by atoms with van der Waals surface area (Å²) in [7, 11) is -1.76. The zero-order chi connectivity index (χ0) is 16.6. The first-order valence-corrected chi connectivity index (χ1v) is 11.0. The molecule has 2 aromatic carbocycles. The number of carbonyl (C=O) groups is 2. The number of hydrogen-bond acceptors (Lipinski definition) is 2. The van der Waals surface area contributed by atoms with E-state index in [0.717, 1.165) is 23.2 Å². The summed E-state index contributed by atoms with van der Waals surface area (Å²) >= 11 is 0. The molecule has 5 heteroatoms. The van der Waals surface area contributed by atoms with Gasteiger partial charge in [0, 0.05) is 0 Å². The van der Waals surface area contributed by atoms with Crippen LogP contribution in [0.1, 0.15) is 31.8 Å². The van der Waals surface area contributed by atoms with E-state index in [0.29, 0.717) is 11.1 Å². The molecule has 1 aliphatic rings. The second kappa shape index (κ2) is 5.74. The number of amides is 2. The quantitative estimate of drug-likeness (QED) is 0.692. The Balaban J connectivity index is 1.87. The molecule has 118 valence electrons. The molecule has 1 heterocycles.